The lowest BCUT2D eigenvalue weighted by Crippen LogP contribution is -2.24. The van der Waals surface area contributed by atoms with Crippen molar-refractivity contribution < 1.29 is 21.6 Å². The van der Waals surface area contributed by atoms with Gasteiger partial charge in [-0.05, 0) is 40.8 Å². The third-order valence-electron chi connectivity index (χ3n) is 4.83. The highest BCUT2D eigenvalue weighted by atomic mass is 35.5. The van der Waals surface area contributed by atoms with Crippen molar-refractivity contribution in [1.29, 1.82) is 0 Å². The molecule has 0 amide bonds. The quantitative estimate of drug-likeness (QED) is 0.406. The van der Waals surface area contributed by atoms with Crippen molar-refractivity contribution in [2.75, 3.05) is 0 Å². The highest BCUT2D eigenvalue weighted by Gasteiger charge is 2.26. The average Bonchev–Trinajstić information content (AvgIpc) is 2.69. The SMILES string of the molecule is CC(C)(C)c1ccc(S(=O)(=O)Cc2ccc(Cl)cc2S(=O)(=O)c2cc[n+]([O-])cc2)cc1. The molecular weight excluding hydrogens is 458 g/mol. The molecule has 1 heterocycles. The summed E-state index contributed by atoms with van der Waals surface area (Å²) >= 11 is 6.02. The monoisotopic (exact) mass is 479 g/mol. The molecule has 0 radical (unpaired) electrons. The molecule has 0 spiro atoms. The molecule has 0 aliphatic heterocycles. The molecule has 6 nitrogen and oxygen atoms in total. The first kappa shape index (κ1) is 23.2. The van der Waals surface area contributed by atoms with Gasteiger partial charge >= 0.3 is 0 Å². The molecule has 9 heteroatoms. The van der Waals surface area contributed by atoms with Crippen LogP contribution in [-0.4, -0.2) is 16.8 Å². The predicted octanol–water partition coefficient (Wildman–Crippen LogP) is 4.08. The Morgan fingerprint density at radius 2 is 1.45 bits per heavy atom. The average molecular weight is 480 g/mol. The van der Waals surface area contributed by atoms with Gasteiger partial charge in [-0.15, -0.1) is 0 Å². The van der Waals surface area contributed by atoms with Crippen molar-refractivity contribution in [3.63, 3.8) is 0 Å². The minimum absolute atomic E-state index is 0.100. The maximum absolute atomic E-state index is 13.1. The van der Waals surface area contributed by atoms with Crippen LogP contribution >= 0.6 is 11.6 Å². The number of rotatable bonds is 5. The number of aromatic nitrogens is 1. The summed E-state index contributed by atoms with van der Waals surface area (Å²) in [5, 5.41) is 11.4. The number of halogens is 1. The molecule has 0 saturated carbocycles. The molecule has 0 atom stereocenters. The second-order valence-electron chi connectivity index (χ2n) is 8.18. The van der Waals surface area contributed by atoms with E-state index < -0.39 is 25.4 Å². The van der Waals surface area contributed by atoms with E-state index in [1.165, 1.54) is 30.3 Å². The third-order valence-corrected chi connectivity index (χ3v) is 8.59. The van der Waals surface area contributed by atoms with Crippen molar-refractivity contribution in [3.8, 4) is 0 Å². The van der Waals surface area contributed by atoms with Gasteiger partial charge in [-0.1, -0.05) is 50.6 Å². The number of hydrogen-bond acceptors (Lipinski definition) is 5. The topological polar surface area (TPSA) is 95.2 Å². The van der Waals surface area contributed by atoms with E-state index >= 15 is 0 Å². The molecule has 0 aliphatic rings. The molecule has 31 heavy (non-hydrogen) atoms. The van der Waals surface area contributed by atoms with Gasteiger partial charge in [0.05, 0.1) is 20.4 Å². The predicted molar refractivity (Wildman–Crippen MR) is 118 cm³/mol. The fourth-order valence-electron chi connectivity index (χ4n) is 3.05. The van der Waals surface area contributed by atoms with Gasteiger partial charge in [-0.3, -0.25) is 0 Å². The first-order valence-electron chi connectivity index (χ1n) is 9.36. The van der Waals surface area contributed by atoms with Crippen LogP contribution in [0, 0.1) is 5.21 Å². The Balaban J connectivity index is 2.03. The lowest BCUT2D eigenvalue weighted by molar-refractivity contribution is -0.605. The summed E-state index contributed by atoms with van der Waals surface area (Å²) in [4.78, 5) is -0.237. The lowest BCUT2D eigenvalue weighted by Gasteiger charge is -2.19. The molecule has 0 saturated heterocycles. The molecule has 0 bridgehead atoms. The zero-order valence-corrected chi connectivity index (χ0v) is 19.6. The molecule has 2 aromatic carbocycles. The van der Waals surface area contributed by atoms with Crippen LogP contribution in [0.1, 0.15) is 31.9 Å². The Hall–Kier alpha value is -2.42. The highest BCUT2D eigenvalue weighted by Crippen LogP contribution is 2.30. The number of hydrogen-bond donors (Lipinski definition) is 0. The summed E-state index contributed by atoms with van der Waals surface area (Å²) in [6, 6.07) is 13.0. The number of pyridine rings is 1. The summed E-state index contributed by atoms with van der Waals surface area (Å²) in [5.41, 5.74) is 0.960. The van der Waals surface area contributed by atoms with Gasteiger partial charge in [0.15, 0.2) is 22.2 Å². The van der Waals surface area contributed by atoms with Crippen LogP contribution in [0.2, 0.25) is 5.02 Å². The molecular formula is C22H22ClNO5S2. The van der Waals surface area contributed by atoms with Crippen molar-refractivity contribution in [3.05, 3.63) is 88.3 Å². The maximum Gasteiger partial charge on any atom is 0.207 e. The van der Waals surface area contributed by atoms with Gasteiger partial charge in [0.1, 0.15) is 0 Å². The van der Waals surface area contributed by atoms with Gasteiger partial charge in [0, 0.05) is 17.2 Å². The van der Waals surface area contributed by atoms with Crippen LogP contribution in [0.5, 0.6) is 0 Å². The molecule has 1 aromatic heterocycles. The van der Waals surface area contributed by atoms with Crippen LogP contribution < -0.4 is 4.73 Å². The standard InChI is InChI=1S/C22H22ClNO5S2/c1-22(2,3)17-5-8-19(9-6-17)30(26,27)15-16-4-7-18(23)14-21(16)31(28,29)20-10-12-24(25)13-11-20/h4-14H,15H2,1-3H3. The van der Waals surface area contributed by atoms with E-state index in [4.69, 9.17) is 11.6 Å². The van der Waals surface area contributed by atoms with E-state index in [2.05, 4.69) is 0 Å². The zero-order chi connectivity index (χ0) is 23.0. The second kappa shape index (κ2) is 8.26. The Morgan fingerprint density at radius 1 is 0.871 bits per heavy atom. The van der Waals surface area contributed by atoms with Crippen molar-refractivity contribution in [1.82, 2.24) is 0 Å². The normalized spacial score (nSPS) is 12.6. The zero-order valence-electron chi connectivity index (χ0n) is 17.2. The number of benzene rings is 2. The first-order chi connectivity index (χ1) is 14.3. The van der Waals surface area contributed by atoms with Gasteiger partial charge in [-0.25, -0.2) is 16.8 Å². The lowest BCUT2D eigenvalue weighted by atomic mass is 9.87. The van der Waals surface area contributed by atoms with Crippen LogP contribution in [0.3, 0.4) is 0 Å². The van der Waals surface area contributed by atoms with Crippen LogP contribution in [0.25, 0.3) is 0 Å². The van der Waals surface area contributed by atoms with Crippen molar-refractivity contribution in [2.24, 2.45) is 0 Å². The second-order valence-corrected chi connectivity index (χ2v) is 12.5. The summed E-state index contributed by atoms with van der Waals surface area (Å²) in [6.45, 7) is 6.08. The first-order valence-corrected chi connectivity index (χ1v) is 12.9. The molecule has 0 aliphatic carbocycles. The highest BCUT2D eigenvalue weighted by molar-refractivity contribution is 7.92. The van der Waals surface area contributed by atoms with E-state index in [0.29, 0.717) is 4.73 Å². The van der Waals surface area contributed by atoms with Gasteiger partial charge in [0.25, 0.3) is 0 Å². The Bertz CT molecular complexity index is 1310. The van der Waals surface area contributed by atoms with Crippen LogP contribution in [0.4, 0.5) is 0 Å². The number of sulfone groups is 2. The van der Waals surface area contributed by atoms with Gasteiger partial charge in [0.2, 0.25) is 9.84 Å². The molecule has 3 aromatic rings. The molecule has 0 N–H and O–H groups in total. The van der Waals surface area contributed by atoms with Crippen LogP contribution in [-0.2, 0) is 30.8 Å². The Morgan fingerprint density at radius 3 is 2.00 bits per heavy atom. The van der Waals surface area contributed by atoms with Crippen molar-refractivity contribution in [2.45, 2.75) is 46.6 Å². The molecule has 3 rings (SSSR count). The molecule has 0 fully saturated rings. The van der Waals surface area contributed by atoms with Crippen LogP contribution in [0.15, 0.2) is 81.7 Å². The Labute approximate surface area is 187 Å². The minimum atomic E-state index is -4.09. The van der Waals surface area contributed by atoms with Gasteiger partial charge in [-0.2, -0.15) is 4.73 Å². The largest absolute Gasteiger partial charge is 0.619 e. The maximum atomic E-state index is 13.1. The fourth-order valence-corrected chi connectivity index (χ4v) is 6.26. The van der Waals surface area contributed by atoms with E-state index in [0.717, 1.165) is 30.1 Å². The third kappa shape index (κ3) is 5.08. The molecule has 164 valence electrons. The minimum Gasteiger partial charge on any atom is -0.619 e. The van der Waals surface area contributed by atoms with E-state index in [1.807, 2.05) is 20.8 Å². The summed E-state index contributed by atoms with van der Waals surface area (Å²) in [5.74, 6) is -0.512. The summed E-state index contributed by atoms with van der Waals surface area (Å²) in [7, 11) is -7.91. The number of nitrogens with zero attached hydrogens (tertiary/aromatic N) is 1. The Kier molecular flexibility index (Phi) is 6.19. The van der Waals surface area contributed by atoms with Gasteiger partial charge < -0.3 is 5.21 Å². The molecule has 0 unspecified atom stereocenters. The van der Waals surface area contributed by atoms with E-state index in [9.17, 15) is 22.0 Å². The fraction of sp³-hybridized carbons (Fsp3) is 0.227. The van der Waals surface area contributed by atoms with E-state index in [-0.39, 0.29) is 30.7 Å². The van der Waals surface area contributed by atoms with Crippen molar-refractivity contribution >= 4 is 31.3 Å². The summed E-state index contributed by atoms with van der Waals surface area (Å²) < 4.78 is 52.8. The smallest absolute Gasteiger partial charge is 0.207 e. The summed E-state index contributed by atoms with van der Waals surface area (Å²) in [6.07, 6.45) is 2.12. The van der Waals surface area contributed by atoms with E-state index in [1.54, 1.807) is 12.1 Å².